The summed E-state index contributed by atoms with van der Waals surface area (Å²) in [5.74, 6) is -0.168. The molecule has 4 atom stereocenters. The fourth-order valence-corrected chi connectivity index (χ4v) is 2.89. The van der Waals surface area contributed by atoms with Gasteiger partial charge in [0.1, 0.15) is 0 Å². The van der Waals surface area contributed by atoms with E-state index in [1.807, 2.05) is 4.90 Å². The molecule has 6 heteroatoms. The molecule has 1 heterocycles. The van der Waals surface area contributed by atoms with Crippen LogP contribution in [-0.2, 0) is 4.79 Å². The average Bonchev–Trinajstić information content (AvgIpc) is 2.67. The first kappa shape index (κ1) is 17.4. The molecule has 0 aliphatic carbocycles. The smallest absolute Gasteiger partial charge is 0.221 e. The Kier molecular flexibility index (Phi) is 7.43. The number of hydrogen-bond acceptors (Lipinski definition) is 5. The number of aliphatic hydroxyl groups is 3. The van der Waals surface area contributed by atoms with Gasteiger partial charge in [0, 0.05) is 19.5 Å². The Morgan fingerprint density at radius 1 is 1.15 bits per heavy atom. The van der Waals surface area contributed by atoms with Gasteiger partial charge in [-0.25, -0.2) is 0 Å². The minimum Gasteiger partial charge on any atom is -0.395 e. The summed E-state index contributed by atoms with van der Waals surface area (Å²) in [5, 5.41) is 32.1. The molecule has 0 saturated carbocycles. The summed E-state index contributed by atoms with van der Waals surface area (Å²) in [6, 6.07) is -0.912. The predicted molar refractivity (Wildman–Crippen MR) is 76.2 cm³/mol. The summed E-state index contributed by atoms with van der Waals surface area (Å²) in [6.07, 6.45) is 2.44. The van der Waals surface area contributed by atoms with Crippen LogP contribution in [0.15, 0.2) is 0 Å². The van der Waals surface area contributed by atoms with E-state index in [0.29, 0.717) is 6.54 Å². The van der Waals surface area contributed by atoms with Gasteiger partial charge in [-0.05, 0) is 13.0 Å². The second-order valence-corrected chi connectivity index (χ2v) is 5.47. The summed E-state index contributed by atoms with van der Waals surface area (Å²) >= 11 is 0. The van der Waals surface area contributed by atoms with E-state index in [4.69, 9.17) is 0 Å². The molecule has 0 aromatic heterocycles. The largest absolute Gasteiger partial charge is 0.395 e. The number of carbonyl (C=O) groups is 1. The van der Waals surface area contributed by atoms with Crippen molar-refractivity contribution in [2.45, 2.75) is 63.3 Å². The molecule has 1 aliphatic rings. The van der Waals surface area contributed by atoms with Crippen molar-refractivity contribution >= 4 is 5.91 Å². The highest BCUT2D eigenvalue weighted by molar-refractivity contribution is 5.76. The highest BCUT2D eigenvalue weighted by Crippen LogP contribution is 2.28. The van der Waals surface area contributed by atoms with Gasteiger partial charge in [0.15, 0.2) is 0 Å². The van der Waals surface area contributed by atoms with Gasteiger partial charge < -0.3 is 20.6 Å². The van der Waals surface area contributed by atoms with Crippen LogP contribution in [0.3, 0.4) is 0 Å². The van der Waals surface area contributed by atoms with Crippen molar-refractivity contribution in [2.24, 2.45) is 0 Å². The lowest BCUT2D eigenvalue weighted by Gasteiger charge is -2.29. The first-order chi connectivity index (χ1) is 9.56. The first-order valence-corrected chi connectivity index (χ1v) is 7.50. The number of amides is 1. The Morgan fingerprint density at radius 2 is 1.80 bits per heavy atom. The van der Waals surface area contributed by atoms with E-state index in [1.165, 1.54) is 0 Å². The highest BCUT2D eigenvalue weighted by atomic mass is 16.3. The first-order valence-electron chi connectivity index (χ1n) is 7.50. The van der Waals surface area contributed by atoms with E-state index in [1.54, 1.807) is 7.05 Å². The average molecular weight is 288 g/mol. The minimum absolute atomic E-state index is 0.138. The van der Waals surface area contributed by atoms with E-state index < -0.39 is 24.3 Å². The molecule has 0 bridgehead atoms. The van der Waals surface area contributed by atoms with Gasteiger partial charge in [-0.3, -0.25) is 9.69 Å². The van der Waals surface area contributed by atoms with Crippen LogP contribution in [0.1, 0.15) is 39.0 Å². The standard InChI is InChI=1S/C14H28N2O4/c1-3-4-5-6-7-16-10(8-12(18)15-2)13(19)14(20)11(16)9-17/h10-11,13-14,17,19-20H,3-9H2,1-2H3,(H,15,18)/t10-,11+,13+,14+/m0/s1. The number of nitrogens with one attached hydrogen (secondary N) is 1. The molecule has 0 radical (unpaired) electrons. The van der Waals surface area contributed by atoms with Gasteiger partial charge in [-0.15, -0.1) is 0 Å². The summed E-state index contributed by atoms with van der Waals surface area (Å²) < 4.78 is 0. The fraction of sp³-hybridized carbons (Fsp3) is 0.929. The van der Waals surface area contributed by atoms with Crippen molar-refractivity contribution in [3.63, 3.8) is 0 Å². The maximum atomic E-state index is 11.5. The van der Waals surface area contributed by atoms with Crippen molar-refractivity contribution in [3.05, 3.63) is 0 Å². The van der Waals surface area contributed by atoms with Crippen LogP contribution in [0, 0.1) is 0 Å². The van der Waals surface area contributed by atoms with Crippen molar-refractivity contribution in [1.82, 2.24) is 10.2 Å². The van der Waals surface area contributed by atoms with E-state index in [2.05, 4.69) is 12.2 Å². The molecular formula is C14H28N2O4. The summed E-state index contributed by atoms with van der Waals surface area (Å²) in [6.45, 7) is 2.60. The Morgan fingerprint density at radius 3 is 2.35 bits per heavy atom. The molecule has 1 rings (SSSR count). The highest BCUT2D eigenvalue weighted by Gasteiger charge is 2.47. The molecule has 4 N–H and O–H groups in total. The molecule has 6 nitrogen and oxygen atoms in total. The number of nitrogens with zero attached hydrogens (tertiary/aromatic N) is 1. The van der Waals surface area contributed by atoms with Crippen LogP contribution in [-0.4, -0.2) is 70.6 Å². The van der Waals surface area contributed by atoms with E-state index in [9.17, 15) is 20.1 Å². The van der Waals surface area contributed by atoms with Crippen molar-refractivity contribution in [2.75, 3.05) is 20.2 Å². The van der Waals surface area contributed by atoms with E-state index in [0.717, 1.165) is 25.7 Å². The van der Waals surface area contributed by atoms with Crippen molar-refractivity contribution < 1.29 is 20.1 Å². The zero-order valence-electron chi connectivity index (χ0n) is 12.5. The van der Waals surface area contributed by atoms with Crippen LogP contribution in [0.25, 0.3) is 0 Å². The number of hydrogen-bond donors (Lipinski definition) is 4. The number of aliphatic hydroxyl groups excluding tert-OH is 3. The zero-order chi connectivity index (χ0) is 15.1. The molecule has 1 saturated heterocycles. The molecular weight excluding hydrogens is 260 g/mol. The van der Waals surface area contributed by atoms with Crippen LogP contribution >= 0.6 is 0 Å². The van der Waals surface area contributed by atoms with Crippen molar-refractivity contribution in [1.29, 1.82) is 0 Å². The molecule has 118 valence electrons. The molecule has 0 unspecified atom stereocenters. The second kappa shape index (κ2) is 8.56. The molecule has 1 amide bonds. The van der Waals surface area contributed by atoms with Gasteiger partial charge in [0.05, 0.1) is 24.9 Å². The van der Waals surface area contributed by atoms with Gasteiger partial charge in [0.2, 0.25) is 5.91 Å². The molecule has 0 aromatic rings. The minimum atomic E-state index is -0.999. The Bertz CT molecular complexity index is 301. The SMILES string of the molecule is CCCCCCN1[C@H](CO)[C@@H](O)[C@H](O)[C@@H]1CC(=O)NC. The Hall–Kier alpha value is -0.690. The third-order valence-electron chi connectivity index (χ3n) is 4.12. The van der Waals surface area contributed by atoms with Gasteiger partial charge in [-0.2, -0.15) is 0 Å². The number of rotatable bonds is 8. The summed E-state index contributed by atoms with van der Waals surface area (Å²) in [5.41, 5.74) is 0. The van der Waals surface area contributed by atoms with Crippen LogP contribution in [0.2, 0.25) is 0 Å². The lowest BCUT2D eigenvalue weighted by molar-refractivity contribution is -0.122. The number of unbranched alkanes of at least 4 members (excludes halogenated alkanes) is 3. The van der Waals surface area contributed by atoms with Gasteiger partial charge >= 0.3 is 0 Å². The fourth-order valence-electron chi connectivity index (χ4n) is 2.89. The molecule has 20 heavy (non-hydrogen) atoms. The summed E-state index contributed by atoms with van der Waals surface area (Å²) in [7, 11) is 1.55. The maximum Gasteiger partial charge on any atom is 0.221 e. The summed E-state index contributed by atoms with van der Waals surface area (Å²) in [4.78, 5) is 13.4. The van der Waals surface area contributed by atoms with Gasteiger partial charge in [-0.1, -0.05) is 26.2 Å². The molecule has 1 fully saturated rings. The monoisotopic (exact) mass is 288 g/mol. The molecule has 0 aromatic carbocycles. The number of carbonyl (C=O) groups excluding carboxylic acids is 1. The molecule has 0 spiro atoms. The topological polar surface area (TPSA) is 93.0 Å². The lowest BCUT2D eigenvalue weighted by Crippen LogP contribution is -2.43. The molecule has 1 aliphatic heterocycles. The van der Waals surface area contributed by atoms with Crippen LogP contribution < -0.4 is 5.32 Å². The normalized spacial score (nSPS) is 30.6. The zero-order valence-corrected chi connectivity index (χ0v) is 12.5. The predicted octanol–water partition coefficient (Wildman–Crippen LogP) is -0.530. The van der Waals surface area contributed by atoms with Gasteiger partial charge in [0.25, 0.3) is 0 Å². The Balaban J connectivity index is 2.67. The third kappa shape index (κ3) is 4.15. The lowest BCUT2D eigenvalue weighted by atomic mass is 10.1. The van der Waals surface area contributed by atoms with E-state index in [-0.39, 0.29) is 18.9 Å². The Labute approximate surface area is 120 Å². The van der Waals surface area contributed by atoms with Crippen molar-refractivity contribution in [3.8, 4) is 0 Å². The third-order valence-corrected chi connectivity index (χ3v) is 4.12. The maximum absolute atomic E-state index is 11.5. The van der Waals surface area contributed by atoms with E-state index >= 15 is 0 Å². The number of likely N-dealkylation sites (tertiary alicyclic amines) is 1. The van der Waals surface area contributed by atoms with Crippen LogP contribution in [0.5, 0.6) is 0 Å². The quantitative estimate of drug-likeness (QED) is 0.451. The second-order valence-electron chi connectivity index (χ2n) is 5.47. The van der Waals surface area contributed by atoms with Crippen LogP contribution in [0.4, 0.5) is 0 Å².